The highest BCUT2D eigenvalue weighted by atomic mass is 16.5. The zero-order valence-electron chi connectivity index (χ0n) is 14.0. The molecule has 1 aliphatic carbocycles. The summed E-state index contributed by atoms with van der Waals surface area (Å²) in [6.07, 6.45) is 10.5. The number of nitrogens with zero attached hydrogens (tertiary/aromatic N) is 1. The Morgan fingerprint density at radius 2 is 2.22 bits per heavy atom. The molecule has 2 aliphatic heterocycles. The van der Waals surface area contributed by atoms with Crippen molar-refractivity contribution in [3.05, 3.63) is 42.2 Å². The molecule has 23 heavy (non-hydrogen) atoms. The molecule has 3 unspecified atom stereocenters. The molecule has 1 fully saturated rings. The van der Waals surface area contributed by atoms with Gasteiger partial charge in [-0.2, -0.15) is 0 Å². The van der Waals surface area contributed by atoms with Crippen LogP contribution in [0.15, 0.2) is 41.0 Å². The Bertz CT molecular complexity index is 718. The SMILES string of the molecule is CCC1CC2C=CC1N(CCc1coc3c(OC)cccc13)C2. The van der Waals surface area contributed by atoms with E-state index >= 15 is 0 Å². The van der Waals surface area contributed by atoms with Gasteiger partial charge in [0.1, 0.15) is 0 Å². The summed E-state index contributed by atoms with van der Waals surface area (Å²) in [5.74, 6) is 2.41. The van der Waals surface area contributed by atoms with Crippen LogP contribution in [0.3, 0.4) is 0 Å². The summed E-state index contributed by atoms with van der Waals surface area (Å²) in [5.41, 5.74) is 2.16. The van der Waals surface area contributed by atoms with Crippen LogP contribution in [-0.4, -0.2) is 31.1 Å². The third-order valence-electron chi connectivity index (χ3n) is 5.62. The van der Waals surface area contributed by atoms with Crippen LogP contribution in [-0.2, 0) is 6.42 Å². The number of hydrogen-bond acceptors (Lipinski definition) is 3. The van der Waals surface area contributed by atoms with Crippen molar-refractivity contribution >= 4 is 11.0 Å². The Balaban J connectivity index is 1.51. The molecule has 5 rings (SSSR count). The van der Waals surface area contributed by atoms with Gasteiger partial charge in [0.25, 0.3) is 0 Å². The molecule has 1 aromatic carbocycles. The standard InChI is InChI=1S/C20H25NO2/c1-3-15-11-14-7-8-18(15)21(12-14)10-9-16-13-23-20-17(16)5-4-6-19(20)22-2/h4-8,13-15,18H,3,9-12H2,1-2H3. The molecule has 0 saturated carbocycles. The first-order valence-corrected chi connectivity index (χ1v) is 8.75. The average Bonchev–Trinajstić information content (AvgIpc) is 3.03. The minimum Gasteiger partial charge on any atom is -0.493 e. The van der Waals surface area contributed by atoms with E-state index in [2.05, 4.69) is 30.0 Å². The maximum absolute atomic E-state index is 5.76. The summed E-state index contributed by atoms with van der Waals surface area (Å²) >= 11 is 0. The zero-order chi connectivity index (χ0) is 15.8. The minimum absolute atomic E-state index is 0.637. The van der Waals surface area contributed by atoms with Crippen molar-refractivity contribution in [2.45, 2.75) is 32.2 Å². The van der Waals surface area contributed by atoms with Gasteiger partial charge in [-0.25, -0.2) is 0 Å². The smallest absolute Gasteiger partial charge is 0.175 e. The van der Waals surface area contributed by atoms with Crippen molar-refractivity contribution in [3.63, 3.8) is 0 Å². The zero-order valence-corrected chi connectivity index (χ0v) is 14.0. The number of methoxy groups -OCH3 is 1. The third-order valence-corrected chi connectivity index (χ3v) is 5.62. The molecule has 122 valence electrons. The van der Waals surface area contributed by atoms with Crippen molar-refractivity contribution in [3.8, 4) is 5.75 Å². The quantitative estimate of drug-likeness (QED) is 0.771. The highest BCUT2D eigenvalue weighted by Gasteiger charge is 2.35. The molecule has 0 amide bonds. The van der Waals surface area contributed by atoms with E-state index in [1.54, 1.807) is 7.11 Å². The summed E-state index contributed by atoms with van der Waals surface area (Å²) in [7, 11) is 1.69. The lowest BCUT2D eigenvalue weighted by Crippen LogP contribution is -2.50. The van der Waals surface area contributed by atoms with Gasteiger partial charge in [-0.15, -0.1) is 0 Å². The third kappa shape index (κ3) is 2.57. The largest absolute Gasteiger partial charge is 0.493 e. The van der Waals surface area contributed by atoms with Crippen molar-refractivity contribution in [1.82, 2.24) is 4.90 Å². The van der Waals surface area contributed by atoms with E-state index in [0.29, 0.717) is 6.04 Å². The van der Waals surface area contributed by atoms with Crippen LogP contribution in [0.2, 0.25) is 0 Å². The lowest BCUT2D eigenvalue weighted by atomic mass is 9.76. The maximum atomic E-state index is 5.76. The lowest BCUT2D eigenvalue weighted by Gasteiger charge is -2.46. The predicted molar refractivity (Wildman–Crippen MR) is 92.9 cm³/mol. The number of rotatable bonds is 5. The van der Waals surface area contributed by atoms with Crippen molar-refractivity contribution in [2.75, 3.05) is 20.2 Å². The molecular weight excluding hydrogens is 286 g/mol. The molecule has 1 saturated heterocycles. The van der Waals surface area contributed by atoms with Gasteiger partial charge in [-0.3, -0.25) is 4.90 Å². The fraction of sp³-hybridized carbons (Fsp3) is 0.500. The molecule has 3 heteroatoms. The summed E-state index contributed by atoms with van der Waals surface area (Å²) in [6, 6.07) is 6.76. The Kier molecular flexibility index (Phi) is 3.90. The van der Waals surface area contributed by atoms with E-state index < -0.39 is 0 Å². The van der Waals surface area contributed by atoms with Gasteiger partial charge >= 0.3 is 0 Å². The first-order valence-electron chi connectivity index (χ1n) is 8.75. The normalized spacial score (nSPS) is 27.0. The van der Waals surface area contributed by atoms with Crippen LogP contribution in [0.5, 0.6) is 5.75 Å². The molecular formula is C20H25NO2. The Morgan fingerprint density at radius 3 is 3.00 bits per heavy atom. The van der Waals surface area contributed by atoms with Gasteiger partial charge in [0.15, 0.2) is 11.3 Å². The van der Waals surface area contributed by atoms with E-state index in [-0.39, 0.29) is 0 Å². The van der Waals surface area contributed by atoms with Gasteiger partial charge in [0, 0.05) is 24.5 Å². The summed E-state index contributed by atoms with van der Waals surface area (Å²) in [4.78, 5) is 2.67. The fourth-order valence-corrected chi connectivity index (χ4v) is 4.36. The number of piperidine rings is 1. The maximum Gasteiger partial charge on any atom is 0.175 e. The molecule has 2 bridgehead atoms. The monoisotopic (exact) mass is 311 g/mol. The summed E-state index contributed by atoms with van der Waals surface area (Å²) in [5, 5.41) is 1.19. The summed E-state index contributed by atoms with van der Waals surface area (Å²) < 4.78 is 11.1. The molecule has 3 heterocycles. The van der Waals surface area contributed by atoms with Crippen molar-refractivity contribution < 1.29 is 9.15 Å². The highest BCUT2D eigenvalue weighted by molar-refractivity contribution is 5.86. The highest BCUT2D eigenvalue weighted by Crippen LogP contribution is 2.36. The Morgan fingerprint density at radius 1 is 1.30 bits per heavy atom. The second-order valence-corrected chi connectivity index (χ2v) is 6.88. The van der Waals surface area contributed by atoms with Crippen molar-refractivity contribution in [1.29, 1.82) is 0 Å². The van der Waals surface area contributed by atoms with Crippen LogP contribution in [0.4, 0.5) is 0 Å². The topological polar surface area (TPSA) is 25.6 Å². The number of fused-ring (bicyclic) bond motifs is 3. The van der Waals surface area contributed by atoms with Crippen LogP contribution in [0.1, 0.15) is 25.3 Å². The number of ether oxygens (including phenoxy) is 1. The van der Waals surface area contributed by atoms with Gasteiger partial charge in [-0.05, 0) is 36.3 Å². The predicted octanol–water partition coefficient (Wildman–Crippen LogP) is 4.27. The van der Waals surface area contributed by atoms with Crippen LogP contribution < -0.4 is 4.74 Å². The first kappa shape index (κ1) is 14.8. The second kappa shape index (κ2) is 6.04. The van der Waals surface area contributed by atoms with E-state index in [9.17, 15) is 0 Å². The van der Waals surface area contributed by atoms with E-state index in [4.69, 9.17) is 9.15 Å². The average molecular weight is 311 g/mol. The van der Waals surface area contributed by atoms with E-state index in [1.807, 2.05) is 18.4 Å². The van der Waals surface area contributed by atoms with E-state index in [0.717, 1.165) is 36.1 Å². The fourth-order valence-electron chi connectivity index (χ4n) is 4.36. The van der Waals surface area contributed by atoms with E-state index in [1.165, 1.54) is 30.3 Å². The number of para-hydroxylation sites is 1. The van der Waals surface area contributed by atoms with Crippen LogP contribution >= 0.6 is 0 Å². The lowest BCUT2D eigenvalue weighted by molar-refractivity contribution is 0.0826. The summed E-state index contributed by atoms with van der Waals surface area (Å²) in [6.45, 7) is 4.65. The molecule has 2 aromatic rings. The molecule has 1 aromatic heterocycles. The van der Waals surface area contributed by atoms with Crippen LogP contribution in [0.25, 0.3) is 11.0 Å². The molecule has 3 atom stereocenters. The van der Waals surface area contributed by atoms with Gasteiger partial charge < -0.3 is 9.15 Å². The molecule has 0 spiro atoms. The second-order valence-electron chi connectivity index (χ2n) is 6.88. The van der Waals surface area contributed by atoms with Gasteiger partial charge in [-0.1, -0.05) is 37.6 Å². The molecule has 0 radical (unpaired) electrons. The molecule has 0 N–H and O–H groups in total. The van der Waals surface area contributed by atoms with Gasteiger partial charge in [0.05, 0.1) is 13.4 Å². The van der Waals surface area contributed by atoms with Crippen molar-refractivity contribution in [2.24, 2.45) is 11.8 Å². The number of furan rings is 1. The number of benzene rings is 1. The first-order chi connectivity index (χ1) is 11.3. The Labute approximate surface area is 137 Å². The molecule has 3 nitrogen and oxygen atoms in total. The minimum atomic E-state index is 0.637. The van der Waals surface area contributed by atoms with Gasteiger partial charge in [0.2, 0.25) is 0 Å². The van der Waals surface area contributed by atoms with Crippen LogP contribution in [0, 0.1) is 11.8 Å². The molecule has 3 aliphatic rings. The number of hydrogen-bond donors (Lipinski definition) is 0. The Hall–Kier alpha value is -1.74.